The van der Waals surface area contributed by atoms with Crippen molar-refractivity contribution in [2.24, 2.45) is 7.05 Å². The summed E-state index contributed by atoms with van der Waals surface area (Å²) in [5, 5.41) is 17.5. The van der Waals surface area contributed by atoms with Gasteiger partial charge in [0, 0.05) is 26.0 Å². The molecule has 1 heterocycles. The van der Waals surface area contributed by atoms with Gasteiger partial charge in [0.1, 0.15) is 0 Å². The van der Waals surface area contributed by atoms with E-state index in [1.54, 1.807) is 17.8 Å². The third-order valence-corrected chi connectivity index (χ3v) is 3.24. The fourth-order valence-corrected chi connectivity index (χ4v) is 2.11. The normalized spacial score (nSPS) is 14.1. The molecule has 1 aromatic rings. The second-order valence-corrected chi connectivity index (χ2v) is 4.97. The number of aromatic nitrogens is 1. The molecule has 0 saturated carbocycles. The number of hydrogen-bond donors (Lipinski definition) is 3. The van der Waals surface area contributed by atoms with Gasteiger partial charge in [-0.15, -0.1) is 0 Å². The Morgan fingerprint density at radius 3 is 2.73 bits per heavy atom. The summed E-state index contributed by atoms with van der Waals surface area (Å²) in [6.45, 7) is -0.676. The molecule has 1 unspecified atom stereocenters. The molecule has 0 aromatic carbocycles. The molecule has 0 fully saturated rings. The Morgan fingerprint density at radius 1 is 1.60 bits per heavy atom. The Balaban J connectivity index is 2.68. The van der Waals surface area contributed by atoms with Crippen LogP contribution in [0.25, 0.3) is 0 Å². The second kappa shape index (κ2) is 4.75. The number of aliphatic hydroxyl groups excluding tert-OH is 2. The molecular formula is C8H14N2O4S. The molecule has 0 spiro atoms. The number of sulfonamides is 1. The first-order valence-electron chi connectivity index (χ1n) is 4.36. The number of nitrogens with one attached hydrogen (secondary N) is 1. The average Bonchev–Trinajstić information content (AvgIpc) is 2.62. The van der Waals surface area contributed by atoms with Gasteiger partial charge in [0.2, 0.25) is 10.0 Å². The third kappa shape index (κ3) is 3.31. The van der Waals surface area contributed by atoms with E-state index in [-0.39, 0.29) is 11.4 Å². The quantitative estimate of drug-likeness (QED) is 0.588. The van der Waals surface area contributed by atoms with Crippen molar-refractivity contribution in [1.82, 2.24) is 9.29 Å². The maximum atomic E-state index is 11.5. The maximum Gasteiger partial charge on any atom is 0.242 e. The largest absolute Gasteiger partial charge is 0.394 e. The van der Waals surface area contributed by atoms with Gasteiger partial charge in [-0.2, -0.15) is 0 Å². The van der Waals surface area contributed by atoms with Crippen molar-refractivity contribution < 1.29 is 18.6 Å². The smallest absolute Gasteiger partial charge is 0.242 e. The van der Waals surface area contributed by atoms with Gasteiger partial charge in [0.25, 0.3) is 0 Å². The lowest BCUT2D eigenvalue weighted by molar-refractivity contribution is 0.0988. The van der Waals surface area contributed by atoms with Crippen LogP contribution in [-0.2, 0) is 17.1 Å². The van der Waals surface area contributed by atoms with Gasteiger partial charge in [-0.3, -0.25) is 0 Å². The molecule has 0 aliphatic rings. The Morgan fingerprint density at radius 2 is 2.27 bits per heavy atom. The van der Waals surface area contributed by atoms with E-state index in [1.165, 1.54) is 12.3 Å². The predicted octanol–water partition coefficient (Wildman–Crippen LogP) is -1.34. The minimum atomic E-state index is -3.59. The summed E-state index contributed by atoms with van der Waals surface area (Å²) < 4.78 is 26.9. The number of hydrogen-bond acceptors (Lipinski definition) is 4. The van der Waals surface area contributed by atoms with E-state index in [9.17, 15) is 8.42 Å². The second-order valence-electron chi connectivity index (χ2n) is 3.20. The zero-order chi connectivity index (χ0) is 11.5. The molecule has 0 aliphatic heterocycles. The first-order chi connectivity index (χ1) is 6.95. The van der Waals surface area contributed by atoms with E-state index in [1.807, 2.05) is 0 Å². The number of aliphatic hydroxyl groups is 2. The van der Waals surface area contributed by atoms with Crippen molar-refractivity contribution in [3.8, 4) is 0 Å². The van der Waals surface area contributed by atoms with E-state index in [2.05, 4.69) is 4.72 Å². The number of nitrogens with zero attached hydrogens (tertiary/aromatic N) is 1. The molecule has 1 atom stereocenters. The van der Waals surface area contributed by atoms with Crippen molar-refractivity contribution in [2.45, 2.75) is 11.0 Å². The molecule has 1 aromatic heterocycles. The molecule has 0 bridgehead atoms. The van der Waals surface area contributed by atoms with Crippen LogP contribution >= 0.6 is 0 Å². The fraction of sp³-hybridized carbons (Fsp3) is 0.500. The fourth-order valence-electron chi connectivity index (χ4n) is 0.991. The molecule has 6 nitrogen and oxygen atoms in total. The lowest BCUT2D eigenvalue weighted by Crippen LogP contribution is -2.33. The Kier molecular flexibility index (Phi) is 3.86. The van der Waals surface area contributed by atoms with Crippen LogP contribution in [0.5, 0.6) is 0 Å². The molecule has 15 heavy (non-hydrogen) atoms. The number of aryl methyl sites for hydroxylation is 1. The number of rotatable bonds is 5. The van der Waals surface area contributed by atoms with Crippen LogP contribution < -0.4 is 4.72 Å². The van der Waals surface area contributed by atoms with Gasteiger partial charge in [-0.05, 0) is 6.07 Å². The molecular weight excluding hydrogens is 220 g/mol. The van der Waals surface area contributed by atoms with E-state index < -0.39 is 22.7 Å². The Bertz CT molecular complexity index is 412. The van der Waals surface area contributed by atoms with Gasteiger partial charge in [-0.25, -0.2) is 13.1 Å². The molecule has 3 N–H and O–H groups in total. The lowest BCUT2D eigenvalue weighted by atomic mass is 10.4. The van der Waals surface area contributed by atoms with Crippen LogP contribution in [0.15, 0.2) is 23.4 Å². The summed E-state index contributed by atoms with van der Waals surface area (Å²) in [7, 11) is -1.88. The van der Waals surface area contributed by atoms with Crippen LogP contribution in [0.4, 0.5) is 0 Å². The Hall–Kier alpha value is -0.890. The van der Waals surface area contributed by atoms with Crippen LogP contribution in [-0.4, -0.2) is 42.5 Å². The zero-order valence-corrected chi connectivity index (χ0v) is 9.11. The van der Waals surface area contributed by atoms with Crippen LogP contribution in [0.3, 0.4) is 0 Å². The van der Waals surface area contributed by atoms with Gasteiger partial charge < -0.3 is 14.8 Å². The van der Waals surface area contributed by atoms with E-state index in [0.29, 0.717) is 0 Å². The van der Waals surface area contributed by atoms with Crippen molar-refractivity contribution in [2.75, 3.05) is 13.2 Å². The van der Waals surface area contributed by atoms with Crippen molar-refractivity contribution >= 4 is 10.0 Å². The molecule has 86 valence electrons. The topological polar surface area (TPSA) is 91.6 Å². The highest BCUT2D eigenvalue weighted by molar-refractivity contribution is 7.89. The average molecular weight is 234 g/mol. The van der Waals surface area contributed by atoms with Crippen molar-refractivity contribution in [3.05, 3.63) is 18.5 Å². The van der Waals surface area contributed by atoms with Crippen molar-refractivity contribution in [3.63, 3.8) is 0 Å². The maximum absolute atomic E-state index is 11.5. The summed E-state index contributed by atoms with van der Waals surface area (Å²) in [5.41, 5.74) is 0. The molecule has 0 saturated heterocycles. The third-order valence-electron chi connectivity index (χ3n) is 1.83. The van der Waals surface area contributed by atoms with Gasteiger partial charge in [-0.1, -0.05) is 0 Å². The van der Waals surface area contributed by atoms with Crippen LogP contribution in [0, 0.1) is 0 Å². The summed E-state index contributed by atoms with van der Waals surface area (Å²) in [4.78, 5) is 0.134. The van der Waals surface area contributed by atoms with Gasteiger partial charge in [0.05, 0.1) is 17.6 Å². The first-order valence-corrected chi connectivity index (χ1v) is 5.84. The Labute approximate surface area is 88.2 Å². The summed E-state index contributed by atoms with van der Waals surface area (Å²) in [6.07, 6.45) is 1.98. The van der Waals surface area contributed by atoms with E-state index in [4.69, 9.17) is 10.2 Å². The lowest BCUT2D eigenvalue weighted by Gasteiger charge is -2.08. The summed E-state index contributed by atoms with van der Waals surface area (Å²) in [6, 6.07) is 1.45. The highest BCUT2D eigenvalue weighted by atomic mass is 32.2. The minimum Gasteiger partial charge on any atom is -0.394 e. The van der Waals surface area contributed by atoms with E-state index >= 15 is 0 Å². The highest BCUT2D eigenvalue weighted by Gasteiger charge is 2.16. The molecule has 1 rings (SSSR count). The van der Waals surface area contributed by atoms with Gasteiger partial charge >= 0.3 is 0 Å². The molecule has 0 radical (unpaired) electrons. The molecule has 0 aliphatic carbocycles. The summed E-state index contributed by atoms with van der Waals surface area (Å²) in [5.74, 6) is 0. The van der Waals surface area contributed by atoms with E-state index in [0.717, 1.165) is 0 Å². The van der Waals surface area contributed by atoms with Crippen LogP contribution in [0.1, 0.15) is 0 Å². The SMILES string of the molecule is Cn1ccc(S(=O)(=O)NCC(O)CO)c1. The van der Waals surface area contributed by atoms with Gasteiger partial charge in [0.15, 0.2) is 0 Å². The standard InChI is InChI=1S/C8H14N2O4S/c1-10-3-2-8(5-10)15(13,14)9-4-7(12)6-11/h2-3,5,7,9,11-12H,4,6H2,1H3. The minimum absolute atomic E-state index is 0.134. The highest BCUT2D eigenvalue weighted by Crippen LogP contribution is 2.07. The molecule has 7 heteroatoms. The zero-order valence-electron chi connectivity index (χ0n) is 8.29. The summed E-state index contributed by atoms with van der Waals surface area (Å²) >= 11 is 0. The monoisotopic (exact) mass is 234 g/mol. The predicted molar refractivity (Wildman–Crippen MR) is 53.7 cm³/mol. The molecule has 0 amide bonds. The first kappa shape index (κ1) is 12.2. The van der Waals surface area contributed by atoms with Crippen LogP contribution in [0.2, 0.25) is 0 Å². The van der Waals surface area contributed by atoms with Crippen molar-refractivity contribution in [1.29, 1.82) is 0 Å².